The van der Waals surface area contributed by atoms with E-state index in [9.17, 15) is 18.0 Å². The van der Waals surface area contributed by atoms with Crippen molar-refractivity contribution in [3.05, 3.63) is 46.7 Å². The number of aromatic carboxylic acids is 1. The first-order chi connectivity index (χ1) is 12.7. The summed E-state index contributed by atoms with van der Waals surface area (Å²) < 4.78 is 31.3. The van der Waals surface area contributed by atoms with E-state index in [1.54, 1.807) is 4.72 Å². The number of carbonyl (C=O) groups is 2. The maximum atomic E-state index is 12.3. The van der Waals surface area contributed by atoms with E-state index < -0.39 is 32.5 Å². The van der Waals surface area contributed by atoms with E-state index in [1.807, 2.05) is 0 Å². The van der Waals surface area contributed by atoms with E-state index in [1.165, 1.54) is 25.3 Å². The molecule has 0 aliphatic carbocycles. The Morgan fingerprint density at radius 3 is 2.63 bits per heavy atom. The standard InChI is InChI=1S/C15H15ClN4O6S/c1-26-7-6-9-8-12(16)18-14(17-9)19-15(23)20-27(24,25)11-5-3-2-4-10(11)13(21)22/h2-5,8H,6-7H2,1H3,(H,21,22)(H2,17,18,19,20,23). The van der Waals surface area contributed by atoms with E-state index in [4.69, 9.17) is 21.4 Å². The Labute approximate surface area is 159 Å². The molecule has 10 nitrogen and oxygen atoms in total. The van der Waals surface area contributed by atoms with Gasteiger partial charge in [0.2, 0.25) is 5.95 Å². The van der Waals surface area contributed by atoms with Crippen LogP contribution in [0.15, 0.2) is 35.2 Å². The maximum Gasteiger partial charge on any atom is 0.337 e. The summed E-state index contributed by atoms with van der Waals surface area (Å²) in [5.74, 6) is -1.66. The molecular weight excluding hydrogens is 400 g/mol. The van der Waals surface area contributed by atoms with Crippen LogP contribution in [0.1, 0.15) is 16.1 Å². The number of carbonyl (C=O) groups excluding carboxylic acids is 1. The molecule has 0 aliphatic rings. The lowest BCUT2D eigenvalue weighted by Gasteiger charge is -2.10. The van der Waals surface area contributed by atoms with Gasteiger partial charge < -0.3 is 9.84 Å². The summed E-state index contributed by atoms with van der Waals surface area (Å²) in [6.45, 7) is 0.360. The lowest BCUT2D eigenvalue weighted by atomic mass is 10.2. The van der Waals surface area contributed by atoms with E-state index in [0.717, 1.165) is 12.1 Å². The van der Waals surface area contributed by atoms with Crippen LogP contribution >= 0.6 is 11.6 Å². The molecule has 1 aromatic carbocycles. The van der Waals surface area contributed by atoms with Crippen molar-refractivity contribution >= 4 is 39.6 Å². The first-order valence-corrected chi connectivity index (χ1v) is 9.27. The highest BCUT2D eigenvalue weighted by Crippen LogP contribution is 2.16. The second kappa shape index (κ2) is 8.75. The SMILES string of the molecule is COCCc1cc(Cl)nc(NC(=O)NS(=O)(=O)c2ccccc2C(=O)O)n1. The van der Waals surface area contributed by atoms with Gasteiger partial charge in [-0.15, -0.1) is 0 Å². The summed E-state index contributed by atoms with van der Waals surface area (Å²) in [4.78, 5) is 30.4. The molecule has 144 valence electrons. The van der Waals surface area contributed by atoms with Crippen molar-refractivity contribution in [1.29, 1.82) is 0 Å². The summed E-state index contributed by atoms with van der Waals surface area (Å²) in [7, 11) is -2.93. The van der Waals surface area contributed by atoms with Gasteiger partial charge in [-0.2, -0.15) is 0 Å². The quantitative estimate of drug-likeness (QED) is 0.577. The molecule has 2 amide bonds. The van der Waals surface area contributed by atoms with Crippen LogP contribution in [0.4, 0.5) is 10.7 Å². The summed E-state index contributed by atoms with van der Waals surface area (Å²) in [6.07, 6.45) is 0.402. The fourth-order valence-corrected chi connectivity index (χ4v) is 3.35. The molecule has 0 saturated carbocycles. The fraction of sp³-hybridized carbons (Fsp3) is 0.200. The Morgan fingerprint density at radius 1 is 1.26 bits per heavy atom. The molecule has 12 heteroatoms. The number of hydrogen-bond donors (Lipinski definition) is 3. The van der Waals surface area contributed by atoms with Crippen LogP contribution in [0.25, 0.3) is 0 Å². The van der Waals surface area contributed by atoms with Crippen molar-refractivity contribution in [1.82, 2.24) is 14.7 Å². The van der Waals surface area contributed by atoms with Gasteiger partial charge in [0.15, 0.2) is 0 Å². The zero-order valence-electron chi connectivity index (χ0n) is 14.0. The van der Waals surface area contributed by atoms with Gasteiger partial charge >= 0.3 is 12.0 Å². The van der Waals surface area contributed by atoms with Gasteiger partial charge in [-0.1, -0.05) is 23.7 Å². The lowest BCUT2D eigenvalue weighted by Crippen LogP contribution is -2.35. The Bertz CT molecular complexity index is 967. The smallest absolute Gasteiger partial charge is 0.337 e. The highest BCUT2D eigenvalue weighted by molar-refractivity contribution is 7.90. The first kappa shape index (κ1) is 20.6. The molecule has 0 atom stereocenters. The zero-order chi connectivity index (χ0) is 20.0. The Balaban J connectivity index is 2.18. The number of nitrogens with one attached hydrogen (secondary N) is 2. The number of halogens is 1. The molecule has 0 bridgehead atoms. The van der Waals surface area contributed by atoms with Crippen molar-refractivity contribution in [2.75, 3.05) is 19.0 Å². The number of sulfonamides is 1. The summed E-state index contributed by atoms with van der Waals surface area (Å²) in [6, 6.07) is 5.18. The van der Waals surface area contributed by atoms with Gasteiger partial charge in [-0.25, -0.2) is 32.7 Å². The van der Waals surface area contributed by atoms with Crippen LogP contribution < -0.4 is 10.0 Å². The molecule has 0 saturated heterocycles. The molecule has 27 heavy (non-hydrogen) atoms. The first-order valence-electron chi connectivity index (χ1n) is 7.41. The van der Waals surface area contributed by atoms with Gasteiger partial charge in [0, 0.05) is 19.2 Å². The van der Waals surface area contributed by atoms with E-state index in [2.05, 4.69) is 15.3 Å². The number of rotatable bonds is 7. The van der Waals surface area contributed by atoms with Crippen molar-refractivity contribution in [2.24, 2.45) is 0 Å². The van der Waals surface area contributed by atoms with Crippen molar-refractivity contribution in [2.45, 2.75) is 11.3 Å². The van der Waals surface area contributed by atoms with Gasteiger partial charge in [0.05, 0.1) is 12.2 Å². The third kappa shape index (κ3) is 5.61. The number of anilines is 1. The summed E-state index contributed by atoms with van der Waals surface area (Å²) in [5.41, 5.74) is 0.00453. The number of carboxylic acid groups (broad SMARTS) is 1. The van der Waals surface area contributed by atoms with E-state index in [0.29, 0.717) is 18.7 Å². The molecule has 3 N–H and O–H groups in total. The molecular formula is C15H15ClN4O6S. The van der Waals surface area contributed by atoms with E-state index in [-0.39, 0.29) is 11.1 Å². The Hall–Kier alpha value is -2.76. The predicted octanol–water partition coefficient (Wildman–Crippen LogP) is 1.53. The van der Waals surface area contributed by atoms with Crippen molar-refractivity contribution in [3.63, 3.8) is 0 Å². The topological polar surface area (TPSA) is 148 Å². The molecule has 1 aromatic heterocycles. The van der Waals surface area contributed by atoms with Crippen LogP contribution in [-0.4, -0.2) is 49.2 Å². The normalized spacial score (nSPS) is 11.0. The zero-order valence-corrected chi connectivity index (χ0v) is 15.5. The second-order valence-corrected chi connectivity index (χ2v) is 7.15. The third-order valence-electron chi connectivity index (χ3n) is 3.17. The molecule has 2 aromatic rings. The number of urea groups is 1. The minimum absolute atomic E-state index is 0.0467. The maximum absolute atomic E-state index is 12.3. The molecule has 0 fully saturated rings. The number of ether oxygens (including phenoxy) is 1. The van der Waals surface area contributed by atoms with Crippen molar-refractivity contribution < 1.29 is 27.9 Å². The molecule has 0 unspecified atom stereocenters. The lowest BCUT2D eigenvalue weighted by molar-refractivity contribution is 0.0692. The Kier molecular flexibility index (Phi) is 6.66. The fourth-order valence-electron chi connectivity index (χ4n) is 2.04. The molecule has 0 radical (unpaired) electrons. The minimum atomic E-state index is -4.44. The summed E-state index contributed by atoms with van der Waals surface area (Å²) in [5, 5.41) is 11.3. The second-order valence-electron chi connectivity index (χ2n) is 5.11. The van der Waals surface area contributed by atoms with Gasteiger partial charge in [0.25, 0.3) is 10.0 Å². The number of benzene rings is 1. The Morgan fingerprint density at radius 2 is 1.96 bits per heavy atom. The number of hydrogen-bond acceptors (Lipinski definition) is 7. The van der Waals surface area contributed by atoms with Gasteiger partial charge in [0.1, 0.15) is 10.0 Å². The van der Waals surface area contributed by atoms with Crippen LogP contribution in [0.2, 0.25) is 5.15 Å². The number of nitrogens with zero attached hydrogens (tertiary/aromatic N) is 2. The number of aromatic nitrogens is 2. The average Bonchev–Trinajstić information content (AvgIpc) is 2.58. The van der Waals surface area contributed by atoms with Crippen LogP contribution in [-0.2, 0) is 21.2 Å². The minimum Gasteiger partial charge on any atom is -0.478 e. The van der Waals surface area contributed by atoms with Gasteiger partial charge in [-0.05, 0) is 18.2 Å². The van der Waals surface area contributed by atoms with E-state index >= 15 is 0 Å². The predicted molar refractivity (Wildman–Crippen MR) is 95.4 cm³/mol. The molecule has 0 spiro atoms. The monoisotopic (exact) mass is 414 g/mol. The number of carboxylic acids is 1. The highest BCUT2D eigenvalue weighted by Gasteiger charge is 2.24. The van der Waals surface area contributed by atoms with Crippen molar-refractivity contribution in [3.8, 4) is 0 Å². The van der Waals surface area contributed by atoms with Crippen LogP contribution in [0.3, 0.4) is 0 Å². The average molecular weight is 415 g/mol. The molecule has 1 heterocycles. The number of methoxy groups -OCH3 is 1. The van der Waals surface area contributed by atoms with Gasteiger partial charge in [-0.3, -0.25) is 5.32 Å². The number of amides is 2. The molecule has 0 aliphatic heterocycles. The van der Waals surface area contributed by atoms with Crippen LogP contribution in [0.5, 0.6) is 0 Å². The largest absolute Gasteiger partial charge is 0.478 e. The third-order valence-corrected chi connectivity index (χ3v) is 4.75. The summed E-state index contributed by atoms with van der Waals surface area (Å²) >= 11 is 5.85. The van der Waals surface area contributed by atoms with Crippen LogP contribution in [0, 0.1) is 0 Å². The highest BCUT2D eigenvalue weighted by atomic mass is 35.5. The molecule has 2 rings (SSSR count).